The first-order chi connectivity index (χ1) is 10.7. The third-order valence-corrected chi connectivity index (χ3v) is 5.12. The topological polar surface area (TPSA) is 112 Å². The van der Waals surface area contributed by atoms with Crippen LogP contribution in [0.1, 0.15) is 27.0 Å². The number of ketones is 1. The molecule has 1 unspecified atom stereocenters. The fourth-order valence-corrected chi connectivity index (χ4v) is 4.14. The number of thiol groups is 1. The van der Waals surface area contributed by atoms with Gasteiger partial charge in [0.1, 0.15) is 22.5 Å². The Morgan fingerprint density at radius 1 is 1.39 bits per heavy atom. The van der Waals surface area contributed by atoms with Crippen molar-refractivity contribution >= 4 is 27.7 Å². The third kappa shape index (κ3) is 3.57. The number of nitrogens with zero attached hydrogens (tertiary/aromatic N) is 2. The molecule has 0 amide bonds. The number of carbonyl (C=O) groups is 1. The van der Waals surface area contributed by atoms with Gasteiger partial charge in [0.25, 0.3) is 0 Å². The molecule has 0 saturated carbocycles. The fraction of sp³-hybridized carbons (Fsp3) is 0.286. The Hall–Kier alpha value is -1.84. The summed E-state index contributed by atoms with van der Waals surface area (Å²) >= 11 is -1.45. The van der Waals surface area contributed by atoms with Crippen molar-refractivity contribution in [2.24, 2.45) is 7.05 Å². The van der Waals surface area contributed by atoms with Crippen LogP contribution in [0.25, 0.3) is 0 Å². The van der Waals surface area contributed by atoms with Gasteiger partial charge in [0.15, 0.2) is 4.90 Å². The second kappa shape index (κ2) is 6.73. The molecule has 0 aliphatic carbocycles. The predicted molar refractivity (Wildman–Crippen MR) is 85.8 cm³/mol. The molecule has 23 heavy (non-hydrogen) atoms. The van der Waals surface area contributed by atoms with E-state index in [0.717, 1.165) is 0 Å². The maximum Gasteiger partial charge on any atom is 0.241 e. The van der Waals surface area contributed by atoms with E-state index < -0.39 is 27.7 Å². The zero-order valence-corrected chi connectivity index (χ0v) is 14.5. The minimum absolute atomic E-state index is 0.0334. The van der Waals surface area contributed by atoms with Crippen molar-refractivity contribution in [3.8, 4) is 5.88 Å². The molecule has 124 valence electrons. The Morgan fingerprint density at radius 2 is 2.04 bits per heavy atom. The number of carbonyl (C=O) groups excluding carboxylic acids is 1. The van der Waals surface area contributed by atoms with Crippen molar-refractivity contribution in [2.45, 2.75) is 17.6 Å². The first-order valence-electron chi connectivity index (χ1n) is 6.57. The van der Waals surface area contributed by atoms with Gasteiger partial charge < -0.3 is 9.66 Å². The van der Waals surface area contributed by atoms with Crippen molar-refractivity contribution in [1.29, 1.82) is 0 Å². The van der Waals surface area contributed by atoms with Crippen LogP contribution in [0.5, 0.6) is 5.88 Å². The number of aromatic nitrogens is 2. The zero-order chi connectivity index (χ0) is 17.3. The van der Waals surface area contributed by atoms with E-state index in [1.54, 1.807) is 14.0 Å². The average Bonchev–Trinajstić information content (AvgIpc) is 2.76. The van der Waals surface area contributed by atoms with Gasteiger partial charge in [0, 0.05) is 29.9 Å². The second-order valence-corrected chi connectivity index (χ2v) is 7.34. The highest BCUT2D eigenvalue weighted by atomic mass is 32.2. The molecule has 7 nitrogen and oxygen atoms in total. The van der Waals surface area contributed by atoms with Crippen LogP contribution in [-0.2, 0) is 34.7 Å². The molecular weight excluding hydrogens is 340 g/mol. The van der Waals surface area contributed by atoms with E-state index in [9.17, 15) is 22.9 Å². The molecule has 0 bridgehead atoms. The lowest BCUT2D eigenvalue weighted by Gasteiger charge is -2.14. The summed E-state index contributed by atoms with van der Waals surface area (Å²) < 4.78 is 35.2. The summed E-state index contributed by atoms with van der Waals surface area (Å²) in [4.78, 5) is 12.9. The molecule has 9 heteroatoms. The van der Waals surface area contributed by atoms with Gasteiger partial charge >= 0.3 is 0 Å². The third-order valence-electron chi connectivity index (χ3n) is 3.37. The standard InChI is InChI=1S/C14H16N2O5S2/c1-8-10(12(17)11-6-16(2)15-14(11)18)5-4-9(7-23(20)21)13(8)22(3)19/h4-6,23H,7H2,1-3H3,(H,15,18). The van der Waals surface area contributed by atoms with Crippen molar-refractivity contribution in [2.75, 3.05) is 6.26 Å². The highest BCUT2D eigenvalue weighted by Gasteiger charge is 2.25. The van der Waals surface area contributed by atoms with E-state index >= 15 is 0 Å². The van der Waals surface area contributed by atoms with E-state index in [1.165, 1.54) is 29.3 Å². The molecule has 2 rings (SSSR count). The number of hydrogen-bond donors (Lipinski definition) is 2. The Labute approximate surface area is 138 Å². The SMILES string of the molecule is Cc1c(C(=O)c2cn(C)nc2O)ccc(C[SH](=O)=O)c1[S+](C)[O-]. The van der Waals surface area contributed by atoms with Crippen LogP contribution in [-0.4, -0.2) is 39.9 Å². The van der Waals surface area contributed by atoms with Gasteiger partial charge in [-0.05, 0) is 18.1 Å². The second-order valence-electron chi connectivity index (χ2n) is 5.04. The summed E-state index contributed by atoms with van der Waals surface area (Å²) in [7, 11) is -1.10. The molecule has 1 aromatic heterocycles. The summed E-state index contributed by atoms with van der Waals surface area (Å²) in [6, 6.07) is 2.96. The molecule has 1 heterocycles. The van der Waals surface area contributed by atoms with Crippen LogP contribution in [0.3, 0.4) is 0 Å². The largest absolute Gasteiger partial charge is 0.612 e. The van der Waals surface area contributed by atoms with Crippen LogP contribution >= 0.6 is 0 Å². The highest BCUT2D eigenvalue weighted by molar-refractivity contribution is 7.90. The van der Waals surface area contributed by atoms with Crippen LogP contribution in [0.4, 0.5) is 0 Å². The molecule has 1 atom stereocenters. The molecule has 0 aliphatic heterocycles. The molecule has 0 aliphatic rings. The normalized spacial score (nSPS) is 12.6. The quantitative estimate of drug-likeness (QED) is 0.459. The van der Waals surface area contributed by atoms with E-state index in [4.69, 9.17) is 0 Å². The van der Waals surface area contributed by atoms with E-state index in [2.05, 4.69) is 5.10 Å². The van der Waals surface area contributed by atoms with Crippen LogP contribution in [0.2, 0.25) is 0 Å². The lowest BCUT2D eigenvalue weighted by Crippen LogP contribution is -2.11. The Kier molecular flexibility index (Phi) is 5.12. The van der Waals surface area contributed by atoms with Gasteiger partial charge in [-0.25, -0.2) is 8.42 Å². The van der Waals surface area contributed by atoms with Crippen molar-refractivity contribution < 1.29 is 22.9 Å². The monoisotopic (exact) mass is 356 g/mol. The predicted octanol–water partition coefficient (Wildman–Crippen LogP) is 0.514. The van der Waals surface area contributed by atoms with Crippen LogP contribution < -0.4 is 0 Å². The van der Waals surface area contributed by atoms with Gasteiger partial charge in [-0.2, -0.15) is 0 Å². The molecule has 0 fully saturated rings. The summed E-state index contributed by atoms with van der Waals surface area (Å²) in [6.07, 6.45) is 2.82. The number of aryl methyl sites for hydroxylation is 1. The molecule has 0 radical (unpaired) electrons. The van der Waals surface area contributed by atoms with Crippen molar-refractivity contribution in [3.05, 3.63) is 40.6 Å². The van der Waals surface area contributed by atoms with Crippen molar-refractivity contribution in [1.82, 2.24) is 9.78 Å². The average molecular weight is 356 g/mol. The molecular formula is C14H16N2O5S2. The molecule has 0 saturated heterocycles. The zero-order valence-electron chi connectivity index (χ0n) is 12.8. The summed E-state index contributed by atoms with van der Waals surface area (Å²) in [6.45, 7) is 1.61. The first kappa shape index (κ1) is 17.5. The van der Waals surface area contributed by atoms with Crippen molar-refractivity contribution in [3.63, 3.8) is 0 Å². The van der Waals surface area contributed by atoms with Crippen LogP contribution in [0.15, 0.2) is 23.2 Å². The fourth-order valence-electron chi connectivity index (χ4n) is 2.44. The summed E-state index contributed by atoms with van der Waals surface area (Å²) in [5.74, 6) is -1.09. The highest BCUT2D eigenvalue weighted by Crippen LogP contribution is 2.27. The lowest BCUT2D eigenvalue weighted by molar-refractivity contribution is 0.103. The molecule has 1 aromatic carbocycles. The number of hydrogen-bond acceptors (Lipinski definition) is 6. The number of benzene rings is 1. The van der Waals surface area contributed by atoms with Crippen LogP contribution in [0, 0.1) is 6.92 Å². The van der Waals surface area contributed by atoms with Gasteiger partial charge in [0.05, 0.1) is 5.75 Å². The smallest absolute Gasteiger partial charge is 0.241 e. The Balaban J connectivity index is 2.58. The Morgan fingerprint density at radius 3 is 2.52 bits per heavy atom. The molecule has 0 spiro atoms. The number of rotatable bonds is 5. The van der Waals surface area contributed by atoms with Gasteiger partial charge in [-0.3, -0.25) is 9.48 Å². The minimum Gasteiger partial charge on any atom is -0.612 e. The maximum absolute atomic E-state index is 12.6. The minimum atomic E-state index is -2.67. The maximum atomic E-state index is 12.6. The van der Waals surface area contributed by atoms with Gasteiger partial charge in [-0.1, -0.05) is 12.1 Å². The van der Waals surface area contributed by atoms with E-state index in [0.29, 0.717) is 16.0 Å². The van der Waals surface area contributed by atoms with E-state index in [-0.39, 0.29) is 22.8 Å². The molecule has 2 aromatic rings. The summed E-state index contributed by atoms with van der Waals surface area (Å²) in [5, 5.41) is 13.4. The van der Waals surface area contributed by atoms with E-state index in [1.807, 2.05) is 0 Å². The lowest BCUT2D eigenvalue weighted by atomic mass is 9.99. The molecule has 1 N–H and O–H groups in total. The number of aromatic hydroxyl groups is 1. The summed E-state index contributed by atoms with van der Waals surface area (Å²) in [5.41, 5.74) is 1.13. The Bertz CT molecular complexity index is 832. The van der Waals surface area contributed by atoms with Gasteiger partial charge in [-0.15, -0.1) is 5.10 Å². The first-order valence-corrected chi connectivity index (χ1v) is 9.49. The van der Waals surface area contributed by atoms with Gasteiger partial charge in [0.2, 0.25) is 11.7 Å².